The molecule has 0 radical (unpaired) electrons. The molecule has 0 saturated carbocycles. The molecule has 0 atom stereocenters. The maximum Gasteiger partial charge on any atom is 0.270 e. The van der Waals surface area contributed by atoms with E-state index in [4.69, 9.17) is 0 Å². The maximum atomic E-state index is 13.5. The molecule has 0 unspecified atom stereocenters. The van der Waals surface area contributed by atoms with Crippen LogP contribution in [0, 0.1) is 5.92 Å². The average molecular weight is 443 g/mol. The maximum absolute atomic E-state index is 13.5. The van der Waals surface area contributed by atoms with Crippen molar-refractivity contribution in [3.05, 3.63) is 95.0 Å². The Kier molecular flexibility index (Phi) is 6.40. The van der Waals surface area contributed by atoms with Crippen LogP contribution in [0.1, 0.15) is 40.9 Å². The zero-order valence-corrected chi connectivity index (χ0v) is 19.3. The summed E-state index contributed by atoms with van der Waals surface area (Å²) >= 11 is 1.74. The predicted octanol–water partition coefficient (Wildman–Crippen LogP) is 6.43. The van der Waals surface area contributed by atoms with E-state index in [0.717, 1.165) is 57.4 Å². The molecular formula is C28H30N2OS. The first-order valence-corrected chi connectivity index (χ1v) is 12.6. The Bertz CT molecular complexity index is 1150. The van der Waals surface area contributed by atoms with Crippen molar-refractivity contribution in [2.45, 2.75) is 38.6 Å². The van der Waals surface area contributed by atoms with Gasteiger partial charge in [0.1, 0.15) is 10.5 Å². The number of aryl methyl sites for hydroxylation is 2. The highest BCUT2D eigenvalue weighted by molar-refractivity contribution is 7.16. The second kappa shape index (κ2) is 9.74. The minimum Gasteiger partial charge on any atom is -0.337 e. The highest BCUT2D eigenvalue weighted by Gasteiger charge is 2.26. The van der Waals surface area contributed by atoms with Gasteiger partial charge in [-0.1, -0.05) is 60.7 Å². The van der Waals surface area contributed by atoms with E-state index in [1.807, 2.05) is 0 Å². The predicted molar refractivity (Wildman–Crippen MR) is 133 cm³/mol. The molecule has 4 heteroatoms. The highest BCUT2D eigenvalue weighted by atomic mass is 32.1. The van der Waals surface area contributed by atoms with Crippen LogP contribution in [0.25, 0.3) is 10.2 Å². The Morgan fingerprint density at radius 2 is 1.59 bits per heavy atom. The monoisotopic (exact) mass is 442 g/mol. The van der Waals surface area contributed by atoms with Crippen LogP contribution in [0.2, 0.25) is 0 Å². The van der Waals surface area contributed by atoms with Gasteiger partial charge in [-0.3, -0.25) is 4.79 Å². The van der Waals surface area contributed by atoms with Crippen molar-refractivity contribution in [1.82, 2.24) is 9.47 Å². The van der Waals surface area contributed by atoms with Crippen LogP contribution in [-0.2, 0) is 19.4 Å². The number of benzene rings is 2. The number of nitrogens with zero attached hydrogens (tertiary/aromatic N) is 2. The molecule has 5 rings (SSSR count). The molecule has 0 N–H and O–H groups in total. The third kappa shape index (κ3) is 4.66. The van der Waals surface area contributed by atoms with Gasteiger partial charge in [-0.05, 0) is 66.7 Å². The van der Waals surface area contributed by atoms with E-state index in [1.165, 1.54) is 21.3 Å². The summed E-state index contributed by atoms with van der Waals surface area (Å²) in [7, 11) is 0. The number of piperidine rings is 1. The van der Waals surface area contributed by atoms with Crippen molar-refractivity contribution < 1.29 is 4.79 Å². The molecule has 3 heterocycles. The Morgan fingerprint density at radius 3 is 2.31 bits per heavy atom. The zero-order valence-electron chi connectivity index (χ0n) is 18.5. The van der Waals surface area contributed by atoms with E-state index in [0.29, 0.717) is 5.92 Å². The van der Waals surface area contributed by atoms with Crippen LogP contribution in [0.3, 0.4) is 0 Å². The Morgan fingerprint density at radius 1 is 0.906 bits per heavy atom. The number of hydrogen-bond donors (Lipinski definition) is 0. The standard InChI is InChI=1S/C28H30N2OS/c31-27(29-17-13-24(14-18-29)20-23-10-5-2-6-11-23)26-21-25-15-19-32-28(25)30(26)16-7-12-22-8-3-1-4-9-22/h1-6,8-11,15,19,21,24H,7,12-14,16-18,20H2. The van der Waals surface area contributed by atoms with Crippen molar-refractivity contribution in [3.8, 4) is 0 Å². The molecule has 1 aliphatic heterocycles. The summed E-state index contributed by atoms with van der Waals surface area (Å²) in [6, 6.07) is 25.6. The lowest BCUT2D eigenvalue weighted by Gasteiger charge is -2.32. The Balaban J connectivity index is 1.24. The number of fused-ring (bicyclic) bond motifs is 1. The number of rotatable bonds is 7. The van der Waals surface area contributed by atoms with Gasteiger partial charge in [-0.25, -0.2) is 0 Å². The molecule has 32 heavy (non-hydrogen) atoms. The van der Waals surface area contributed by atoms with Gasteiger partial charge in [-0.15, -0.1) is 11.3 Å². The molecule has 3 nitrogen and oxygen atoms in total. The third-order valence-electron chi connectivity index (χ3n) is 6.68. The van der Waals surface area contributed by atoms with Gasteiger partial charge in [0.25, 0.3) is 5.91 Å². The van der Waals surface area contributed by atoms with Crippen molar-refractivity contribution in [2.75, 3.05) is 13.1 Å². The Hall–Kier alpha value is -2.85. The molecule has 1 amide bonds. The molecular weight excluding hydrogens is 412 g/mol. The van der Waals surface area contributed by atoms with E-state index in [-0.39, 0.29) is 5.91 Å². The van der Waals surface area contributed by atoms with Crippen LogP contribution < -0.4 is 0 Å². The van der Waals surface area contributed by atoms with Crippen LogP contribution in [0.15, 0.2) is 78.2 Å². The van der Waals surface area contributed by atoms with Crippen molar-refractivity contribution in [2.24, 2.45) is 5.92 Å². The van der Waals surface area contributed by atoms with Crippen molar-refractivity contribution in [1.29, 1.82) is 0 Å². The second-order valence-electron chi connectivity index (χ2n) is 8.88. The number of carbonyl (C=O) groups excluding carboxylic acids is 1. The van der Waals surface area contributed by atoms with Crippen LogP contribution in [0.5, 0.6) is 0 Å². The van der Waals surface area contributed by atoms with Gasteiger partial charge in [0.05, 0.1) is 0 Å². The fourth-order valence-corrected chi connectivity index (χ4v) is 5.83. The van der Waals surface area contributed by atoms with E-state index in [2.05, 4.69) is 87.6 Å². The summed E-state index contributed by atoms with van der Waals surface area (Å²) in [6.45, 7) is 2.60. The normalized spacial score (nSPS) is 14.8. The van der Waals surface area contributed by atoms with Gasteiger partial charge in [0, 0.05) is 25.0 Å². The van der Waals surface area contributed by atoms with Gasteiger partial charge in [0.15, 0.2) is 0 Å². The van der Waals surface area contributed by atoms with Crippen molar-refractivity contribution in [3.63, 3.8) is 0 Å². The minimum absolute atomic E-state index is 0.200. The number of thiophene rings is 1. The molecule has 1 aliphatic rings. The summed E-state index contributed by atoms with van der Waals surface area (Å²) < 4.78 is 2.27. The summed E-state index contributed by atoms with van der Waals surface area (Å²) in [4.78, 5) is 16.8. The first kappa shape index (κ1) is 21.0. The molecule has 2 aromatic heterocycles. The van der Waals surface area contributed by atoms with Gasteiger partial charge in [0.2, 0.25) is 0 Å². The number of likely N-dealkylation sites (tertiary alicyclic amines) is 1. The fraction of sp³-hybridized carbons (Fsp3) is 0.321. The first-order chi connectivity index (χ1) is 15.8. The molecule has 4 aromatic rings. The molecule has 1 fully saturated rings. The lowest BCUT2D eigenvalue weighted by atomic mass is 9.90. The summed E-state index contributed by atoms with van der Waals surface area (Å²) in [5, 5.41) is 3.32. The third-order valence-corrected chi connectivity index (χ3v) is 7.63. The van der Waals surface area contributed by atoms with Crippen LogP contribution in [-0.4, -0.2) is 28.5 Å². The summed E-state index contributed by atoms with van der Waals surface area (Å²) in [5.41, 5.74) is 3.63. The van der Waals surface area contributed by atoms with E-state index in [1.54, 1.807) is 11.3 Å². The lowest BCUT2D eigenvalue weighted by molar-refractivity contribution is 0.0680. The van der Waals surface area contributed by atoms with Gasteiger partial charge < -0.3 is 9.47 Å². The fourth-order valence-electron chi connectivity index (χ4n) is 4.91. The lowest BCUT2D eigenvalue weighted by Crippen LogP contribution is -2.39. The van der Waals surface area contributed by atoms with Gasteiger partial charge in [-0.2, -0.15) is 0 Å². The minimum atomic E-state index is 0.200. The smallest absolute Gasteiger partial charge is 0.270 e. The SMILES string of the molecule is O=C(c1cc2ccsc2n1CCCc1ccccc1)N1CCC(Cc2ccccc2)CC1. The van der Waals surface area contributed by atoms with Crippen LogP contribution >= 0.6 is 11.3 Å². The number of amides is 1. The largest absolute Gasteiger partial charge is 0.337 e. The van der Waals surface area contributed by atoms with E-state index >= 15 is 0 Å². The number of carbonyl (C=O) groups is 1. The second-order valence-corrected chi connectivity index (χ2v) is 9.77. The van der Waals surface area contributed by atoms with E-state index in [9.17, 15) is 4.79 Å². The molecule has 0 spiro atoms. The van der Waals surface area contributed by atoms with Gasteiger partial charge >= 0.3 is 0 Å². The highest BCUT2D eigenvalue weighted by Crippen LogP contribution is 2.28. The number of hydrogen-bond acceptors (Lipinski definition) is 2. The van der Waals surface area contributed by atoms with Crippen molar-refractivity contribution >= 4 is 27.5 Å². The Labute approximate surface area is 194 Å². The first-order valence-electron chi connectivity index (χ1n) is 11.7. The zero-order chi connectivity index (χ0) is 21.8. The summed E-state index contributed by atoms with van der Waals surface area (Å²) in [6.07, 6.45) is 5.36. The molecule has 1 saturated heterocycles. The van der Waals surface area contributed by atoms with Crippen LogP contribution in [0.4, 0.5) is 0 Å². The topological polar surface area (TPSA) is 25.2 Å². The molecule has 0 bridgehead atoms. The average Bonchev–Trinajstić information content (AvgIpc) is 3.43. The summed E-state index contributed by atoms with van der Waals surface area (Å²) in [5.74, 6) is 0.869. The van der Waals surface area contributed by atoms with E-state index < -0.39 is 0 Å². The number of aromatic nitrogens is 1. The molecule has 0 aliphatic carbocycles. The quantitative estimate of drug-likeness (QED) is 0.324. The molecule has 164 valence electrons. The molecule has 2 aromatic carbocycles.